The first-order valence-electron chi connectivity index (χ1n) is 9.51. The Balaban J connectivity index is 2.30. The molecule has 0 saturated carbocycles. The number of fused-ring (bicyclic) bond motifs is 1. The van der Waals surface area contributed by atoms with E-state index in [2.05, 4.69) is 19.2 Å². The second kappa shape index (κ2) is 9.04. The lowest BCUT2D eigenvalue weighted by atomic mass is 10.0. The number of carbonyl (C=O) groups excluding carboxylic acids is 1. The van der Waals surface area contributed by atoms with Gasteiger partial charge in [0, 0.05) is 23.1 Å². The molecule has 0 heterocycles. The molecule has 1 N–H and O–H groups in total. The quantitative estimate of drug-likeness (QED) is 0.653. The van der Waals surface area contributed by atoms with Crippen LogP contribution in [0.3, 0.4) is 0 Å². The molecular formula is C22H31NO3. The molecule has 4 nitrogen and oxygen atoms in total. The van der Waals surface area contributed by atoms with Crippen molar-refractivity contribution in [3.05, 3.63) is 36.4 Å². The first-order chi connectivity index (χ1) is 12.4. The molecule has 4 heteroatoms. The number of carbonyl (C=O) groups is 1. The second-order valence-electron chi connectivity index (χ2n) is 7.25. The summed E-state index contributed by atoms with van der Waals surface area (Å²) in [6.45, 7) is 11.3. The van der Waals surface area contributed by atoms with Crippen LogP contribution in [0.25, 0.3) is 10.8 Å². The summed E-state index contributed by atoms with van der Waals surface area (Å²) in [7, 11) is 0. The summed E-state index contributed by atoms with van der Waals surface area (Å²) in [5.41, 5.74) is -0.0496. The van der Waals surface area contributed by atoms with Crippen molar-refractivity contribution in [1.29, 1.82) is 0 Å². The highest BCUT2D eigenvalue weighted by atomic mass is 16.5. The zero-order chi connectivity index (χ0) is 19.2. The zero-order valence-corrected chi connectivity index (χ0v) is 16.6. The van der Waals surface area contributed by atoms with Gasteiger partial charge in [-0.25, -0.2) is 0 Å². The Kier molecular flexibility index (Phi) is 7.04. The summed E-state index contributed by atoms with van der Waals surface area (Å²) >= 11 is 0. The number of ether oxygens (including phenoxy) is 2. The molecule has 2 aromatic rings. The molecule has 1 amide bonds. The van der Waals surface area contributed by atoms with E-state index in [1.54, 1.807) is 0 Å². The summed E-state index contributed by atoms with van der Waals surface area (Å²) in [4.78, 5) is 12.8. The number of rotatable bonds is 9. The first kappa shape index (κ1) is 20.2. The van der Waals surface area contributed by atoms with Gasteiger partial charge in [0.1, 0.15) is 11.4 Å². The third-order valence-electron chi connectivity index (χ3n) is 4.48. The van der Waals surface area contributed by atoms with Crippen molar-refractivity contribution in [1.82, 2.24) is 0 Å². The van der Waals surface area contributed by atoms with Crippen molar-refractivity contribution < 1.29 is 14.3 Å². The van der Waals surface area contributed by atoms with E-state index in [0.717, 1.165) is 28.6 Å². The van der Waals surface area contributed by atoms with Crippen LogP contribution in [0.2, 0.25) is 0 Å². The van der Waals surface area contributed by atoms with Gasteiger partial charge in [0.25, 0.3) is 5.91 Å². The minimum absolute atomic E-state index is 0.116. The molecule has 2 rings (SSSR count). The van der Waals surface area contributed by atoms with Crippen molar-refractivity contribution in [3.8, 4) is 5.75 Å². The van der Waals surface area contributed by atoms with E-state index in [0.29, 0.717) is 25.6 Å². The summed E-state index contributed by atoms with van der Waals surface area (Å²) in [6, 6.07) is 11.8. The molecule has 0 unspecified atom stereocenters. The predicted octanol–water partition coefficient (Wildman–Crippen LogP) is 5.41. The molecule has 0 spiro atoms. The molecule has 0 aromatic heterocycles. The molecule has 0 radical (unpaired) electrons. The first-order valence-corrected chi connectivity index (χ1v) is 9.51. The van der Waals surface area contributed by atoms with Crippen molar-refractivity contribution >= 4 is 22.4 Å². The van der Waals surface area contributed by atoms with Gasteiger partial charge in [-0.2, -0.15) is 0 Å². The summed E-state index contributed by atoms with van der Waals surface area (Å²) < 4.78 is 11.8. The second-order valence-corrected chi connectivity index (χ2v) is 7.25. The number of nitrogens with one attached hydrogen (secondary N) is 1. The van der Waals surface area contributed by atoms with Crippen molar-refractivity contribution in [2.75, 3.05) is 18.5 Å². The fraction of sp³-hybridized carbons (Fsp3) is 0.500. The van der Waals surface area contributed by atoms with E-state index in [1.165, 1.54) is 0 Å². The minimum atomic E-state index is -0.829. The van der Waals surface area contributed by atoms with Crippen LogP contribution in [-0.2, 0) is 9.53 Å². The largest absolute Gasteiger partial charge is 0.493 e. The molecule has 0 bridgehead atoms. The lowest BCUT2D eigenvalue weighted by Crippen LogP contribution is -2.42. The van der Waals surface area contributed by atoms with Gasteiger partial charge < -0.3 is 14.8 Å². The Labute approximate surface area is 156 Å². The Hall–Kier alpha value is -2.07. The van der Waals surface area contributed by atoms with Crippen LogP contribution in [0.15, 0.2) is 36.4 Å². The molecule has 26 heavy (non-hydrogen) atoms. The summed E-state index contributed by atoms with van der Waals surface area (Å²) in [5, 5.41) is 5.03. The van der Waals surface area contributed by atoms with E-state index in [-0.39, 0.29) is 5.91 Å². The van der Waals surface area contributed by atoms with Crippen LogP contribution >= 0.6 is 0 Å². The predicted molar refractivity (Wildman–Crippen MR) is 108 cm³/mol. The van der Waals surface area contributed by atoms with Crippen molar-refractivity contribution in [2.24, 2.45) is 5.92 Å². The van der Waals surface area contributed by atoms with Gasteiger partial charge in [-0.3, -0.25) is 4.79 Å². The normalized spacial score (nSPS) is 13.6. The molecule has 0 aliphatic rings. The third-order valence-corrected chi connectivity index (χ3v) is 4.48. The van der Waals surface area contributed by atoms with E-state index >= 15 is 0 Å². The summed E-state index contributed by atoms with van der Waals surface area (Å²) in [6.07, 6.45) is 1.50. The Bertz CT molecular complexity index is 741. The fourth-order valence-corrected chi connectivity index (χ4v) is 2.67. The SMILES string of the molecule is CCCO[C@](C)(CC)C(=O)Nc1ccc(OCC(C)C)c2ccccc12. The van der Waals surface area contributed by atoms with Crippen LogP contribution in [0.4, 0.5) is 5.69 Å². The van der Waals surface area contributed by atoms with Crippen molar-refractivity contribution in [2.45, 2.75) is 53.1 Å². The van der Waals surface area contributed by atoms with Gasteiger partial charge in [-0.1, -0.05) is 52.0 Å². The Morgan fingerprint density at radius 3 is 2.42 bits per heavy atom. The number of benzene rings is 2. The van der Waals surface area contributed by atoms with Gasteiger partial charge in [0.05, 0.1) is 6.61 Å². The van der Waals surface area contributed by atoms with Gasteiger partial charge in [0.15, 0.2) is 0 Å². The number of amides is 1. The molecular weight excluding hydrogens is 326 g/mol. The molecule has 0 saturated heterocycles. The standard InChI is InChI=1S/C22H31NO3/c1-6-14-26-22(5,7-2)21(24)23-19-12-13-20(25-15-16(3)4)18-11-9-8-10-17(18)19/h8-13,16H,6-7,14-15H2,1-5H3,(H,23,24)/t22-/m1/s1. The maximum atomic E-state index is 12.8. The number of hydrogen-bond acceptors (Lipinski definition) is 3. The minimum Gasteiger partial charge on any atom is -0.493 e. The maximum absolute atomic E-state index is 12.8. The van der Waals surface area contributed by atoms with Crippen LogP contribution in [-0.4, -0.2) is 24.7 Å². The Morgan fingerprint density at radius 1 is 1.12 bits per heavy atom. The molecule has 0 aliphatic carbocycles. The third kappa shape index (κ3) is 4.76. The highest BCUT2D eigenvalue weighted by molar-refractivity contribution is 6.06. The molecule has 0 aliphatic heterocycles. The Morgan fingerprint density at radius 2 is 1.81 bits per heavy atom. The van der Waals surface area contributed by atoms with Crippen LogP contribution in [0.1, 0.15) is 47.5 Å². The van der Waals surface area contributed by atoms with Gasteiger partial charge in [-0.15, -0.1) is 0 Å². The van der Waals surface area contributed by atoms with Gasteiger partial charge in [0.2, 0.25) is 0 Å². The van der Waals surface area contributed by atoms with E-state index < -0.39 is 5.60 Å². The fourth-order valence-electron chi connectivity index (χ4n) is 2.67. The average Bonchev–Trinajstić information content (AvgIpc) is 2.65. The monoisotopic (exact) mass is 357 g/mol. The van der Waals surface area contributed by atoms with Gasteiger partial charge >= 0.3 is 0 Å². The molecule has 142 valence electrons. The average molecular weight is 357 g/mol. The molecule has 0 fully saturated rings. The topological polar surface area (TPSA) is 47.6 Å². The van der Waals surface area contributed by atoms with Crippen LogP contribution in [0.5, 0.6) is 5.75 Å². The lowest BCUT2D eigenvalue weighted by molar-refractivity contribution is -0.139. The number of anilines is 1. The zero-order valence-electron chi connectivity index (χ0n) is 16.6. The van der Waals surface area contributed by atoms with Crippen molar-refractivity contribution in [3.63, 3.8) is 0 Å². The molecule has 1 atom stereocenters. The van der Waals surface area contributed by atoms with Crippen LogP contribution < -0.4 is 10.1 Å². The highest BCUT2D eigenvalue weighted by Gasteiger charge is 2.32. The lowest BCUT2D eigenvalue weighted by Gasteiger charge is -2.27. The van der Waals surface area contributed by atoms with Crippen LogP contribution in [0, 0.1) is 5.92 Å². The van der Waals surface area contributed by atoms with E-state index in [9.17, 15) is 4.79 Å². The maximum Gasteiger partial charge on any atom is 0.256 e. The van der Waals surface area contributed by atoms with Gasteiger partial charge in [-0.05, 0) is 37.8 Å². The summed E-state index contributed by atoms with van der Waals surface area (Å²) in [5.74, 6) is 1.18. The van der Waals surface area contributed by atoms with E-state index in [4.69, 9.17) is 9.47 Å². The number of hydrogen-bond donors (Lipinski definition) is 1. The smallest absolute Gasteiger partial charge is 0.256 e. The molecule has 2 aromatic carbocycles. The van der Waals surface area contributed by atoms with E-state index in [1.807, 2.05) is 57.2 Å². The highest BCUT2D eigenvalue weighted by Crippen LogP contribution is 2.32.